The summed E-state index contributed by atoms with van der Waals surface area (Å²) in [6, 6.07) is 2.16. The molecule has 9 heteroatoms. The second-order valence-electron chi connectivity index (χ2n) is 7.44. The maximum atomic E-state index is 12.6. The number of ketones is 1. The van der Waals surface area contributed by atoms with E-state index in [-0.39, 0.29) is 17.9 Å². The molecule has 2 aromatic rings. The Labute approximate surface area is 167 Å². The molecule has 0 radical (unpaired) electrons. The average molecular weight is 402 g/mol. The first-order valence-corrected chi connectivity index (χ1v) is 9.67. The Morgan fingerprint density at radius 3 is 2.48 bits per heavy atom. The molecule has 156 valence electrons. The van der Waals surface area contributed by atoms with Crippen molar-refractivity contribution in [2.24, 2.45) is 7.05 Å². The summed E-state index contributed by atoms with van der Waals surface area (Å²) >= 11 is 0. The molecule has 29 heavy (non-hydrogen) atoms. The molecule has 0 amide bonds. The highest BCUT2D eigenvalue weighted by atomic mass is 16.5. The molecule has 3 rings (SSSR count). The molecule has 0 unspecified atom stereocenters. The number of nitrogens with zero attached hydrogens (tertiary/aromatic N) is 3. The fourth-order valence-corrected chi connectivity index (χ4v) is 3.64. The number of hydrogen-bond donors (Lipinski definition) is 1. The molecular formula is C20H26N4O5. The molecular weight excluding hydrogens is 376 g/mol. The molecule has 2 N–H and O–H groups in total. The first-order valence-electron chi connectivity index (χ1n) is 9.67. The number of carbonyl (C=O) groups excluding carboxylic acids is 2. The lowest BCUT2D eigenvalue weighted by molar-refractivity contribution is 0.0473. The molecule has 0 aromatic carbocycles. The Morgan fingerprint density at radius 1 is 1.24 bits per heavy atom. The van der Waals surface area contributed by atoms with Crippen molar-refractivity contribution in [1.82, 2.24) is 13.7 Å². The van der Waals surface area contributed by atoms with Crippen molar-refractivity contribution in [1.29, 1.82) is 0 Å². The number of Topliss-reactive ketones (excluding diaryl/α,β-unsaturated/α-hetero) is 1. The Morgan fingerprint density at radius 2 is 1.90 bits per heavy atom. The van der Waals surface area contributed by atoms with Crippen LogP contribution in [0.2, 0.25) is 0 Å². The van der Waals surface area contributed by atoms with Crippen LogP contribution >= 0.6 is 0 Å². The minimum absolute atomic E-state index is 0.201. The van der Waals surface area contributed by atoms with Crippen molar-refractivity contribution in [2.75, 3.05) is 12.3 Å². The highest BCUT2D eigenvalue weighted by molar-refractivity contribution is 6.02. The standard InChI is InChI=1S/C20H26N4O5/c1-5-8-23-17(21)16(18(26)22(4)20(23)28)15(25)10-29-19(27)14-9-11(2)24(12(14)3)13-6-7-13/h9,13H,5-8,10,21H2,1-4H3. The van der Waals surface area contributed by atoms with Gasteiger partial charge in [-0.25, -0.2) is 9.59 Å². The normalized spacial score (nSPS) is 13.5. The Hall–Kier alpha value is -3.10. The monoisotopic (exact) mass is 402 g/mol. The third kappa shape index (κ3) is 3.64. The van der Waals surface area contributed by atoms with E-state index in [2.05, 4.69) is 4.57 Å². The second kappa shape index (κ2) is 7.73. The van der Waals surface area contributed by atoms with Crippen LogP contribution in [0.15, 0.2) is 15.7 Å². The molecule has 0 atom stereocenters. The number of aryl methyl sites for hydroxylation is 1. The van der Waals surface area contributed by atoms with Crippen molar-refractivity contribution in [3.8, 4) is 0 Å². The van der Waals surface area contributed by atoms with Crippen LogP contribution in [0.3, 0.4) is 0 Å². The molecule has 0 saturated heterocycles. The number of rotatable bonds is 7. The summed E-state index contributed by atoms with van der Waals surface area (Å²) in [5.41, 5.74) is 6.38. The van der Waals surface area contributed by atoms with Crippen LogP contribution in [0.1, 0.15) is 64.3 Å². The van der Waals surface area contributed by atoms with E-state index in [9.17, 15) is 19.2 Å². The number of hydrogen-bond acceptors (Lipinski definition) is 6. The molecule has 2 aromatic heterocycles. The number of ether oxygens (including phenoxy) is 1. The molecule has 1 fully saturated rings. The van der Waals surface area contributed by atoms with Crippen LogP contribution < -0.4 is 17.0 Å². The van der Waals surface area contributed by atoms with Crippen molar-refractivity contribution in [2.45, 2.75) is 52.6 Å². The van der Waals surface area contributed by atoms with E-state index in [0.717, 1.165) is 28.8 Å². The number of aromatic nitrogens is 3. The van der Waals surface area contributed by atoms with Crippen LogP contribution in [0.25, 0.3) is 0 Å². The van der Waals surface area contributed by atoms with E-state index in [4.69, 9.17) is 10.5 Å². The fourth-order valence-electron chi connectivity index (χ4n) is 3.64. The van der Waals surface area contributed by atoms with Crippen LogP contribution in [-0.4, -0.2) is 32.1 Å². The molecule has 0 spiro atoms. The van der Waals surface area contributed by atoms with E-state index in [1.165, 1.54) is 11.6 Å². The molecule has 9 nitrogen and oxygen atoms in total. The smallest absolute Gasteiger partial charge is 0.340 e. The van der Waals surface area contributed by atoms with Gasteiger partial charge in [-0.15, -0.1) is 0 Å². The van der Waals surface area contributed by atoms with Gasteiger partial charge in [0.15, 0.2) is 6.61 Å². The maximum Gasteiger partial charge on any atom is 0.340 e. The Kier molecular flexibility index (Phi) is 5.50. The van der Waals surface area contributed by atoms with Gasteiger partial charge in [0.05, 0.1) is 5.56 Å². The summed E-state index contributed by atoms with van der Waals surface area (Å²) in [5, 5.41) is 0. The fraction of sp³-hybridized carbons (Fsp3) is 0.500. The van der Waals surface area contributed by atoms with Crippen LogP contribution in [0.4, 0.5) is 5.82 Å². The zero-order chi connectivity index (χ0) is 21.5. The van der Waals surface area contributed by atoms with E-state index < -0.39 is 29.6 Å². The molecule has 0 aliphatic heterocycles. The highest BCUT2D eigenvalue weighted by Gasteiger charge is 2.29. The number of esters is 1. The third-order valence-electron chi connectivity index (χ3n) is 5.26. The highest BCUT2D eigenvalue weighted by Crippen LogP contribution is 2.38. The summed E-state index contributed by atoms with van der Waals surface area (Å²) in [4.78, 5) is 49.8. The van der Waals surface area contributed by atoms with Crippen LogP contribution in [-0.2, 0) is 18.3 Å². The first-order chi connectivity index (χ1) is 13.7. The van der Waals surface area contributed by atoms with Crippen molar-refractivity contribution in [3.63, 3.8) is 0 Å². The molecule has 1 aliphatic carbocycles. The average Bonchev–Trinajstić information content (AvgIpc) is 3.46. The van der Waals surface area contributed by atoms with Gasteiger partial charge >= 0.3 is 11.7 Å². The van der Waals surface area contributed by atoms with Gasteiger partial charge in [0.25, 0.3) is 5.56 Å². The summed E-state index contributed by atoms with van der Waals surface area (Å²) in [6.07, 6.45) is 2.76. The number of nitrogens with two attached hydrogens (primary N) is 1. The van der Waals surface area contributed by atoms with Gasteiger partial charge in [-0.05, 0) is 39.2 Å². The summed E-state index contributed by atoms with van der Waals surface area (Å²) in [5.74, 6) is -1.57. The number of anilines is 1. The van der Waals surface area contributed by atoms with E-state index in [1.807, 2.05) is 20.8 Å². The summed E-state index contributed by atoms with van der Waals surface area (Å²) in [7, 11) is 1.28. The van der Waals surface area contributed by atoms with Crippen molar-refractivity contribution < 1.29 is 14.3 Å². The first kappa shape index (κ1) is 20.6. The Balaban J connectivity index is 1.83. The van der Waals surface area contributed by atoms with E-state index in [0.29, 0.717) is 18.0 Å². The van der Waals surface area contributed by atoms with Gasteiger partial charge in [0, 0.05) is 31.0 Å². The topological polar surface area (TPSA) is 118 Å². The van der Waals surface area contributed by atoms with Gasteiger partial charge in [0.2, 0.25) is 5.78 Å². The maximum absolute atomic E-state index is 12.6. The van der Waals surface area contributed by atoms with Gasteiger partial charge in [-0.1, -0.05) is 6.92 Å². The van der Waals surface area contributed by atoms with Crippen molar-refractivity contribution >= 4 is 17.6 Å². The molecule has 2 heterocycles. The third-order valence-corrected chi connectivity index (χ3v) is 5.26. The quantitative estimate of drug-likeness (QED) is 0.551. The molecule has 0 bridgehead atoms. The van der Waals surface area contributed by atoms with E-state index in [1.54, 1.807) is 6.07 Å². The molecule has 1 aliphatic rings. The zero-order valence-electron chi connectivity index (χ0n) is 17.2. The van der Waals surface area contributed by atoms with Gasteiger partial charge < -0.3 is 15.0 Å². The van der Waals surface area contributed by atoms with Gasteiger partial charge in [-0.2, -0.15) is 0 Å². The van der Waals surface area contributed by atoms with Crippen LogP contribution in [0.5, 0.6) is 0 Å². The minimum atomic E-state index is -0.798. The lowest BCUT2D eigenvalue weighted by Crippen LogP contribution is -2.43. The lowest BCUT2D eigenvalue weighted by Gasteiger charge is -2.14. The SMILES string of the molecule is CCCn1c(N)c(C(=O)COC(=O)c2cc(C)n(C3CC3)c2C)c(=O)n(C)c1=O. The molecule has 1 saturated carbocycles. The van der Waals surface area contributed by atoms with Gasteiger partial charge in [-0.3, -0.25) is 18.7 Å². The summed E-state index contributed by atoms with van der Waals surface area (Å²) in [6.45, 7) is 5.26. The van der Waals surface area contributed by atoms with E-state index >= 15 is 0 Å². The predicted octanol–water partition coefficient (Wildman–Crippen LogP) is 1.33. The van der Waals surface area contributed by atoms with Gasteiger partial charge in [0.1, 0.15) is 11.4 Å². The lowest BCUT2D eigenvalue weighted by atomic mass is 10.2. The zero-order valence-corrected chi connectivity index (χ0v) is 17.2. The minimum Gasteiger partial charge on any atom is -0.454 e. The second-order valence-corrected chi connectivity index (χ2v) is 7.44. The number of nitrogen functional groups attached to an aromatic ring is 1. The summed E-state index contributed by atoms with van der Waals surface area (Å²) < 4.78 is 9.30. The van der Waals surface area contributed by atoms with Crippen molar-refractivity contribution in [3.05, 3.63) is 49.4 Å². The van der Waals surface area contributed by atoms with Crippen LogP contribution in [0, 0.1) is 13.8 Å². The largest absolute Gasteiger partial charge is 0.454 e. The number of carbonyl (C=O) groups is 2. The Bertz CT molecular complexity index is 1100. The predicted molar refractivity (Wildman–Crippen MR) is 107 cm³/mol.